The first-order chi connectivity index (χ1) is 10.0. The van der Waals surface area contributed by atoms with Crippen molar-refractivity contribution < 1.29 is 4.92 Å². The molecule has 0 fully saturated rings. The van der Waals surface area contributed by atoms with Gasteiger partial charge in [-0.05, 0) is 30.5 Å². The monoisotopic (exact) mass is 305 g/mol. The number of nitro benzene ring substituents is 1. The van der Waals surface area contributed by atoms with Crippen molar-refractivity contribution in [1.82, 2.24) is 0 Å². The fraction of sp³-hybridized carbons (Fsp3) is 0.333. The number of para-hydroxylation sites is 1. The molecule has 5 nitrogen and oxygen atoms in total. The number of nitrogens with one attached hydrogen (secondary N) is 1. The SMILES string of the molecule is CNc1cccc(N(C)C(C)Cc2cccs2)c1[N+](=O)[O-]. The molecular weight excluding hydrogens is 286 g/mol. The van der Waals surface area contributed by atoms with Crippen molar-refractivity contribution in [2.24, 2.45) is 0 Å². The molecule has 1 unspecified atom stereocenters. The van der Waals surface area contributed by atoms with E-state index in [0.717, 1.165) is 6.42 Å². The van der Waals surface area contributed by atoms with E-state index in [0.29, 0.717) is 11.4 Å². The molecule has 1 aromatic heterocycles. The third-order valence-corrected chi connectivity index (χ3v) is 4.48. The van der Waals surface area contributed by atoms with Gasteiger partial charge < -0.3 is 10.2 Å². The van der Waals surface area contributed by atoms with E-state index in [1.165, 1.54) is 4.88 Å². The van der Waals surface area contributed by atoms with E-state index in [1.807, 2.05) is 29.5 Å². The van der Waals surface area contributed by atoms with Crippen LogP contribution in [-0.4, -0.2) is 25.1 Å². The fourth-order valence-electron chi connectivity index (χ4n) is 2.30. The Kier molecular flexibility index (Phi) is 4.80. The topological polar surface area (TPSA) is 58.4 Å². The molecule has 21 heavy (non-hydrogen) atoms. The summed E-state index contributed by atoms with van der Waals surface area (Å²) in [7, 11) is 3.60. The molecule has 1 N–H and O–H groups in total. The third kappa shape index (κ3) is 3.33. The Bertz CT molecular complexity index is 613. The van der Waals surface area contributed by atoms with Crippen LogP contribution in [0.2, 0.25) is 0 Å². The summed E-state index contributed by atoms with van der Waals surface area (Å²) in [5.41, 5.74) is 1.30. The summed E-state index contributed by atoms with van der Waals surface area (Å²) in [5.74, 6) is 0. The average Bonchev–Trinajstić information content (AvgIpc) is 2.98. The zero-order valence-corrected chi connectivity index (χ0v) is 13.2. The molecule has 0 radical (unpaired) electrons. The number of benzene rings is 1. The van der Waals surface area contributed by atoms with E-state index < -0.39 is 0 Å². The minimum Gasteiger partial charge on any atom is -0.382 e. The molecule has 0 amide bonds. The van der Waals surface area contributed by atoms with Crippen LogP contribution in [0.5, 0.6) is 0 Å². The van der Waals surface area contributed by atoms with Gasteiger partial charge in [0, 0.05) is 31.4 Å². The Morgan fingerprint density at radius 1 is 1.38 bits per heavy atom. The molecule has 0 bridgehead atoms. The second-order valence-electron chi connectivity index (χ2n) is 4.92. The minimum absolute atomic E-state index is 0.125. The van der Waals surface area contributed by atoms with Crippen molar-refractivity contribution in [3.63, 3.8) is 0 Å². The Balaban J connectivity index is 2.29. The number of nitro groups is 1. The molecule has 1 aromatic carbocycles. The van der Waals surface area contributed by atoms with E-state index in [-0.39, 0.29) is 16.7 Å². The summed E-state index contributed by atoms with van der Waals surface area (Å²) < 4.78 is 0. The van der Waals surface area contributed by atoms with Gasteiger partial charge in [-0.2, -0.15) is 0 Å². The first-order valence-corrected chi connectivity index (χ1v) is 7.63. The zero-order valence-electron chi connectivity index (χ0n) is 12.4. The smallest absolute Gasteiger partial charge is 0.315 e. The van der Waals surface area contributed by atoms with Crippen LogP contribution in [0.1, 0.15) is 11.8 Å². The van der Waals surface area contributed by atoms with Gasteiger partial charge in [0.15, 0.2) is 0 Å². The molecule has 1 atom stereocenters. The number of rotatable bonds is 6. The summed E-state index contributed by atoms with van der Waals surface area (Å²) in [6.07, 6.45) is 0.870. The maximum Gasteiger partial charge on any atom is 0.315 e. The van der Waals surface area contributed by atoms with Gasteiger partial charge in [-0.15, -0.1) is 11.3 Å². The van der Waals surface area contributed by atoms with Gasteiger partial charge in [-0.1, -0.05) is 12.1 Å². The van der Waals surface area contributed by atoms with Crippen molar-refractivity contribution in [3.05, 3.63) is 50.7 Å². The molecule has 1 heterocycles. The van der Waals surface area contributed by atoms with Crippen molar-refractivity contribution in [1.29, 1.82) is 0 Å². The van der Waals surface area contributed by atoms with Crippen LogP contribution in [0, 0.1) is 10.1 Å². The number of hydrogen-bond acceptors (Lipinski definition) is 5. The fourth-order valence-corrected chi connectivity index (χ4v) is 3.13. The summed E-state index contributed by atoms with van der Waals surface area (Å²) in [6, 6.07) is 9.64. The summed E-state index contributed by atoms with van der Waals surface area (Å²) in [6.45, 7) is 2.08. The lowest BCUT2D eigenvalue weighted by molar-refractivity contribution is -0.383. The molecule has 0 spiro atoms. The Morgan fingerprint density at radius 3 is 2.71 bits per heavy atom. The van der Waals surface area contributed by atoms with Gasteiger partial charge in [-0.3, -0.25) is 10.1 Å². The summed E-state index contributed by atoms with van der Waals surface area (Å²) in [4.78, 5) is 14.3. The van der Waals surface area contributed by atoms with Crippen LogP contribution in [0.25, 0.3) is 0 Å². The average molecular weight is 305 g/mol. The van der Waals surface area contributed by atoms with E-state index in [2.05, 4.69) is 18.3 Å². The number of thiophene rings is 1. The first kappa shape index (κ1) is 15.3. The molecule has 0 aliphatic rings. The highest BCUT2D eigenvalue weighted by molar-refractivity contribution is 7.09. The maximum absolute atomic E-state index is 11.4. The van der Waals surface area contributed by atoms with Crippen LogP contribution in [0.3, 0.4) is 0 Å². The molecule has 112 valence electrons. The van der Waals surface area contributed by atoms with Gasteiger partial charge in [0.25, 0.3) is 0 Å². The highest BCUT2D eigenvalue weighted by Gasteiger charge is 2.24. The van der Waals surface area contributed by atoms with Crippen LogP contribution in [0.4, 0.5) is 17.1 Å². The molecule has 0 saturated carbocycles. The highest BCUT2D eigenvalue weighted by Crippen LogP contribution is 2.35. The highest BCUT2D eigenvalue weighted by atomic mass is 32.1. The van der Waals surface area contributed by atoms with E-state index in [9.17, 15) is 10.1 Å². The minimum atomic E-state index is -0.324. The van der Waals surface area contributed by atoms with E-state index in [1.54, 1.807) is 30.5 Å². The molecule has 0 aliphatic heterocycles. The lowest BCUT2D eigenvalue weighted by atomic mass is 10.1. The number of likely N-dealkylation sites (N-methyl/N-ethyl adjacent to an activating group) is 1. The molecule has 0 saturated heterocycles. The molecule has 2 aromatic rings. The van der Waals surface area contributed by atoms with Crippen LogP contribution >= 0.6 is 11.3 Å². The number of nitrogens with zero attached hydrogens (tertiary/aromatic N) is 2. The Morgan fingerprint density at radius 2 is 2.14 bits per heavy atom. The van der Waals surface area contributed by atoms with Gasteiger partial charge in [0.1, 0.15) is 11.4 Å². The van der Waals surface area contributed by atoms with Gasteiger partial charge >= 0.3 is 5.69 Å². The first-order valence-electron chi connectivity index (χ1n) is 6.75. The number of anilines is 2. The molecule has 6 heteroatoms. The second-order valence-corrected chi connectivity index (χ2v) is 5.96. The molecule has 0 aliphatic carbocycles. The quantitative estimate of drug-likeness (QED) is 0.652. The molecular formula is C15H19N3O2S. The van der Waals surface area contributed by atoms with Gasteiger partial charge in [-0.25, -0.2) is 0 Å². The van der Waals surface area contributed by atoms with Crippen LogP contribution < -0.4 is 10.2 Å². The van der Waals surface area contributed by atoms with Crippen LogP contribution in [-0.2, 0) is 6.42 Å². The Labute approximate surface area is 128 Å². The largest absolute Gasteiger partial charge is 0.382 e. The van der Waals surface area contributed by atoms with Gasteiger partial charge in [0.05, 0.1) is 4.92 Å². The normalized spacial score (nSPS) is 12.0. The van der Waals surface area contributed by atoms with Crippen molar-refractivity contribution in [3.8, 4) is 0 Å². The maximum atomic E-state index is 11.4. The van der Waals surface area contributed by atoms with Crippen molar-refractivity contribution in [2.75, 3.05) is 24.3 Å². The molecule has 2 rings (SSSR count). The van der Waals surface area contributed by atoms with E-state index >= 15 is 0 Å². The third-order valence-electron chi connectivity index (χ3n) is 3.58. The summed E-state index contributed by atoms with van der Waals surface area (Å²) in [5, 5.41) is 16.3. The lowest BCUT2D eigenvalue weighted by Crippen LogP contribution is -2.31. The van der Waals surface area contributed by atoms with Crippen molar-refractivity contribution in [2.45, 2.75) is 19.4 Å². The lowest BCUT2D eigenvalue weighted by Gasteiger charge is -2.27. The van der Waals surface area contributed by atoms with Crippen molar-refractivity contribution >= 4 is 28.4 Å². The standard InChI is InChI=1S/C15H19N3O2S/c1-11(10-12-6-5-9-21-12)17(3)14-8-4-7-13(16-2)15(14)18(19)20/h4-9,11,16H,10H2,1-3H3. The second kappa shape index (κ2) is 6.58. The zero-order chi connectivity index (χ0) is 15.4. The number of hydrogen-bond donors (Lipinski definition) is 1. The summed E-state index contributed by atoms with van der Waals surface area (Å²) >= 11 is 1.71. The van der Waals surface area contributed by atoms with E-state index in [4.69, 9.17) is 0 Å². The predicted octanol–water partition coefficient (Wildman–Crippen LogP) is 3.77. The Hall–Kier alpha value is -2.08. The predicted molar refractivity (Wildman–Crippen MR) is 88.5 cm³/mol. The van der Waals surface area contributed by atoms with Crippen LogP contribution in [0.15, 0.2) is 35.7 Å². The van der Waals surface area contributed by atoms with Gasteiger partial charge in [0.2, 0.25) is 0 Å².